The van der Waals surface area contributed by atoms with Crippen LogP contribution in [0.2, 0.25) is 0 Å². The number of benzene rings is 1. The molecule has 152 valence electrons. The molecule has 6 nitrogen and oxygen atoms in total. The Morgan fingerprint density at radius 3 is 2.36 bits per heavy atom. The number of hydrogen-bond donors (Lipinski definition) is 0. The lowest BCUT2D eigenvalue weighted by molar-refractivity contribution is -0.140. The minimum atomic E-state index is -0.302. The lowest BCUT2D eigenvalue weighted by atomic mass is 10.0. The van der Waals surface area contributed by atoms with Crippen molar-refractivity contribution < 1.29 is 23.8 Å². The van der Waals surface area contributed by atoms with Gasteiger partial charge in [0.25, 0.3) is 11.8 Å². The number of carbonyl (C=O) groups excluding carboxylic acids is 2. The van der Waals surface area contributed by atoms with Gasteiger partial charge in [-0.05, 0) is 59.0 Å². The Morgan fingerprint density at radius 2 is 1.82 bits per heavy atom. The van der Waals surface area contributed by atoms with Crippen LogP contribution in [-0.2, 0) is 9.59 Å². The van der Waals surface area contributed by atoms with Crippen LogP contribution in [0.3, 0.4) is 0 Å². The Morgan fingerprint density at radius 1 is 1.18 bits per heavy atom. The van der Waals surface area contributed by atoms with Gasteiger partial charge in [0.1, 0.15) is 0 Å². The molecule has 0 radical (unpaired) electrons. The molecule has 0 saturated carbocycles. The molecule has 0 spiro atoms. The minimum absolute atomic E-state index is 0.266. The van der Waals surface area contributed by atoms with Crippen LogP contribution in [0, 0.1) is 0 Å². The van der Waals surface area contributed by atoms with Crippen molar-refractivity contribution in [1.29, 1.82) is 0 Å². The van der Waals surface area contributed by atoms with E-state index >= 15 is 0 Å². The van der Waals surface area contributed by atoms with Crippen LogP contribution in [-0.4, -0.2) is 44.6 Å². The predicted octanol–water partition coefficient (Wildman–Crippen LogP) is 4.32. The van der Waals surface area contributed by atoms with E-state index in [1.54, 1.807) is 45.6 Å². The highest BCUT2D eigenvalue weighted by Gasteiger charge is 2.28. The van der Waals surface area contributed by atoms with Crippen molar-refractivity contribution in [2.75, 3.05) is 27.9 Å². The van der Waals surface area contributed by atoms with Gasteiger partial charge in [-0.25, -0.2) is 0 Å². The Kier molecular flexibility index (Phi) is 8.11. The molecule has 1 heterocycles. The standard InChI is InChI=1S/C21H26BrNO5/c1-5-6-8-15(20(24)23-10-7-9-16(22)21(23)25)11-14-12-17(26-2)19(28-4)18(13-14)27-3/h9,11-13H,5-8,10H2,1-4H3/b15-11+. The van der Waals surface area contributed by atoms with E-state index in [9.17, 15) is 9.59 Å². The topological polar surface area (TPSA) is 65.1 Å². The summed E-state index contributed by atoms with van der Waals surface area (Å²) in [5, 5.41) is 0. The molecule has 1 aliphatic heterocycles. The van der Waals surface area contributed by atoms with Crippen LogP contribution in [0.4, 0.5) is 0 Å². The number of carbonyl (C=O) groups is 2. The molecule has 0 N–H and O–H groups in total. The van der Waals surface area contributed by atoms with Crippen LogP contribution in [0.15, 0.2) is 28.3 Å². The zero-order chi connectivity index (χ0) is 20.7. The molecule has 1 aliphatic rings. The summed E-state index contributed by atoms with van der Waals surface area (Å²) in [4.78, 5) is 26.8. The van der Waals surface area contributed by atoms with Gasteiger partial charge < -0.3 is 14.2 Å². The van der Waals surface area contributed by atoms with Gasteiger partial charge in [-0.15, -0.1) is 0 Å². The number of halogens is 1. The SMILES string of the molecule is CCCC/C(=C\c1cc(OC)c(OC)c(OC)c1)C(=O)N1CCC=C(Br)C1=O. The molecular weight excluding hydrogens is 426 g/mol. The molecule has 2 rings (SSSR count). The average Bonchev–Trinajstić information content (AvgIpc) is 2.71. The van der Waals surface area contributed by atoms with Gasteiger partial charge in [0.15, 0.2) is 11.5 Å². The Labute approximate surface area is 174 Å². The van der Waals surface area contributed by atoms with E-state index in [0.717, 1.165) is 18.4 Å². The van der Waals surface area contributed by atoms with Crippen LogP contribution < -0.4 is 14.2 Å². The normalized spacial score (nSPS) is 14.6. The first-order valence-corrected chi connectivity index (χ1v) is 9.98. The molecule has 1 aromatic carbocycles. The summed E-state index contributed by atoms with van der Waals surface area (Å²) in [5.41, 5.74) is 1.32. The first-order valence-electron chi connectivity index (χ1n) is 9.19. The number of amides is 2. The van der Waals surface area contributed by atoms with E-state index in [0.29, 0.717) is 46.7 Å². The van der Waals surface area contributed by atoms with Crippen LogP contribution in [0.25, 0.3) is 6.08 Å². The number of imide groups is 1. The average molecular weight is 452 g/mol. The molecule has 0 aromatic heterocycles. The lowest BCUT2D eigenvalue weighted by Crippen LogP contribution is -2.40. The van der Waals surface area contributed by atoms with Crippen LogP contribution >= 0.6 is 15.9 Å². The van der Waals surface area contributed by atoms with E-state index in [1.807, 2.05) is 0 Å². The van der Waals surface area contributed by atoms with Crippen molar-refractivity contribution in [3.8, 4) is 17.2 Å². The summed E-state index contributed by atoms with van der Waals surface area (Å²) < 4.78 is 16.6. The molecular formula is C21H26BrNO5. The van der Waals surface area contributed by atoms with Crippen molar-refractivity contribution in [1.82, 2.24) is 4.90 Å². The second-order valence-corrected chi connectivity index (χ2v) is 7.19. The number of hydrogen-bond acceptors (Lipinski definition) is 5. The van der Waals surface area contributed by atoms with Gasteiger partial charge in [0, 0.05) is 12.1 Å². The Hall–Kier alpha value is -2.28. The van der Waals surface area contributed by atoms with Crippen molar-refractivity contribution in [3.63, 3.8) is 0 Å². The van der Waals surface area contributed by atoms with E-state index in [-0.39, 0.29) is 11.8 Å². The zero-order valence-corrected chi connectivity index (χ0v) is 18.3. The van der Waals surface area contributed by atoms with Gasteiger partial charge >= 0.3 is 0 Å². The lowest BCUT2D eigenvalue weighted by Gasteiger charge is -2.24. The molecule has 7 heteroatoms. The summed E-state index contributed by atoms with van der Waals surface area (Å²) in [7, 11) is 4.63. The fourth-order valence-corrected chi connectivity index (χ4v) is 3.44. The van der Waals surface area contributed by atoms with Gasteiger partial charge in [0.2, 0.25) is 5.75 Å². The molecule has 0 fully saturated rings. The maximum absolute atomic E-state index is 13.1. The highest BCUT2D eigenvalue weighted by Crippen LogP contribution is 2.39. The third kappa shape index (κ3) is 4.95. The van der Waals surface area contributed by atoms with Crippen molar-refractivity contribution in [2.24, 2.45) is 0 Å². The number of methoxy groups -OCH3 is 3. The molecule has 1 aromatic rings. The molecule has 0 atom stereocenters. The fourth-order valence-electron chi connectivity index (χ4n) is 3.00. The number of rotatable bonds is 8. The molecule has 0 unspecified atom stereocenters. The second-order valence-electron chi connectivity index (χ2n) is 6.33. The first kappa shape index (κ1) is 22.0. The Balaban J connectivity index is 2.45. The number of ether oxygens (including phenoxy) is 3. The van der Waals surface area contributed by atoms with Crippen molar-refractivity contribution in [2.45, 2.75) is 32.6 Å². The molecule has 28 heavy (non-hydrogen) atoms. The van der Waals surface area contributed by atoms with Gasteiger partial charge in [-0.2, -0.15) is 0 Å². The zero-order valence-electron chi connectivity index (χ0n) is 16.7. The first-order chi connectivity index (χ1) is 13.5. The van der Waals surface area contributed by atoms with Crippen molar-refractivity contribution >= 4 is 33.8 Å². The number of unbranched alkanes of at least 4 members (excludes halogenated alkanes) is 1. The molecule has 0 bridgehead atoms. The third-order valence-corrected chi connectivity index (χ3v) is 5.14. The smallest absolute Gasteiger partial charge is 0.267 e. The van der Waals surface area contributed by atoms with E-state index in [1.165, 1.54) is 4.90 Å². The third-order valence-electron chi connectivity index (χ3n) is 4.47. The highest BCUT2D eigenvalue weighted by atomic mass is 79.9. The van der Waals surface area contributed by atoms with Crippen LogP contribution in [0.1, 0.15) is 38.2 Å². The van der Waals surface area contributed by atoms with Gasteiger partial charge in [-0.3, -0.25) is 14.5 Å². The second kappa shape index (κ2) is 10.3. The Bertz CT molecular complexity index is 775. The van der Waals surface area contributed by atoms with E-state index in [2.05, 4.69) is 22.9 Å². The summed E-state index contributed by atoms with van der Waals surface area (Å²) in [6, 6.07) is 3.57. The van der Waals surface area contributed by atoms with Crippen LogP contribution in [0.5, 0.6) is 17.2 Å². The molecule has 0 aliphatic carbocycles. The minimum Gasteiger partial charge on any atom is -0.493 e. The maximum Gasteiger partial charge on any atom is 0.267 e. The summed E-state index contributed by atoms with van der Waals surface area (Å²) in [6.45, 7) is 2.44. The van der Waals surface area contributed by atoms with Gasteiger partial charge in [-0.1, -0.05) is 19.4 Å². The van der Waals surface area contributed by atoms with Gasteiger partial charge in [0.05, 0.1) is 25.8 Å². The largest absolute Gasteiger partial charge is 0.493 e. The number of nitrogens with zero attached hydrogens (tertiary/aromatic N) is 1. The maximum atomic E-state index is 13.1. The van der Waals surface area contributed by atoms with Crippen molar-refractivity contribution in [3.05, 3.63) is 33.8 Å². The predicted molar refractivity (Wildman–Crippen MR) is 112 cm³/mol. The highest BCUT2D eigenvalue weighted by molar-refractivity contribution is 9.12. The molecule has 2 amide bonds. The quantitative estimate of drug-likeness (QED) is 0.550. The summed E-state index contributed by atoms with van der Waals surface area (Å²) in [5.74, 6) is 0.940. The fraction of sp³-hybridized carbons (Fsp3) is 0.429. The monoisotopic (exact) mass is 451 g/mol. The van der Waals surface area contributed by atoms with E-state index in [4.69, 9.17) is 14.2 Å². The summed E-state index contributed by atoms with van der Waals surface area (Å²) in [6.07, 6.45) is 6.60. The van der Waals surface area contributed by atoms with E-state index < -0.39 is 0 Å². The summed E-state index contributed by atoms with van der Waals surface area (Å²) >= 11 is 3.24. The molecule has 0 saturated heterocycles.